The Morgan fingerprint density at radius 3 is 2.64 bits per heavy atom. The molecule has 0 atom stereocenters. The van der Waals surface area contributed by atoms with Crippen molar-refractivity contribution in [3.05, 3.63) is 0 Å². The van der Waals surface area contributed by atoms with Gasteiger partial charge in [0.1, 0.15) is 5.78 Å². The van der Waals surface area contributed by atoms with Crippen LogP contribution in [0.5, 0.6) is 0 Å². The lowest BCUT2D eigenvalue weighted by molar-refractivity contribution is -0.116. The average molecular weight is 213 g/mol. The third-order valence-electron chi connectivity index (χ3n) is 3.57. The fourth-order valence-corrected chi connectivity index (χ4v) is 3.69. The summed E-state index contributed by atoms with van der Waals surface area (Å²) in [5.74, 6) is 0.430. The quantitative estimate of drug-likeness (QED) is 0.714. The van der Waals surface area contributed by atoms with Gasteiger partial charge in [0.25, 0.3) is 0 Å². The zero-order valence-corrected chi connectivity index (χ0v) is 9.74. The number of hydrogen-bond acceptors (Lipinski definition) is 3. The summed E-state index contributed by atoms with van der Waals surface area (Å²) in [6.07, 6.45) is 8.46. The summed E-state index contributed by atoms with van der Waals surface area (Å²) in [4.78, 5) is 13.5. The molecule has 1 heterocycles. The van der Waals surface area contributed by atoms with E-state index in [1.807, 2.05) is 11.8 Å². The third-order valence-corrected chi connectivity index (χ3v) is 4.97. The maximum atomic E-state index is 11.2. The van der Waals surface area contributed by atoms with Gasteiger partial charge >= 0.3 is 0 Å². The number of hydrogen-bond donors (Lipinski definition) is 0. The van der Waals surface area contributed by atoms with Gasteiger partial charge < -0.3 is 0 Å². The normalized spacial score (nSPS) is 27.4. The molecule has 0 radical (unpaired) electrons. The number of rotatable bonds is 3. The molecular formula is C11H19NOS. The van der Waals surface area contributed by atoms with Crippen LogP contribution in [0, 0.1) is 0 Å². The molecule has 0 aromatic heterocycles. The molecule has 0 amide bonds. The smallest absolute Gasteiger partial charge is 0.148 e. The van der Waals surface area contributed by atoms with Crippen LogP contribution in [-0.2, 0) is 4.79 Å². The Labute approximate surface area is 90.4 Å². The molecule has 0 spiro atoms. The fourth-order valence-electron chi connectivity index (χ4n) is 2.68. The topological polar surface area (TPSA) is 20.3 Å². The number of likely N-dealkylation sites (tertiary alicyclic amines) is 1. The predicted octanol–water partition coefficient (Wildman–Crippen LogP) is 1.94. The van der Waals surface area contributed by atoms with Gasteiger partial charge in [0.15, 0.2) is 0 Å². The monoisotopic (exact) mass is 213 g/mol. The van der Waals surface area contributed by atoms with Crippen molar-refractivity contribution in [2.24, 2.45) is 0 Å². The number of ketones is 1. The first-order valence-corrected chi connectivity index (χ1v) is 6.76. The summed E-state index contributed by atoms with van der Waals surface area (Å²) in [7, 11) is 0. The van der Waals surface area contributed by atoms with Crippen molar-refractivity contribution in [1.82, 2.24) is 4.90 Å². The number of carbonyl (C=O) groups excluding carboxylic acids is 1. The van der Waals surface area contributed by atoms with E-state index in [1.165, 1.54) is 25.7 Å². The van der Waals surface area contributed by atoms with Crippen molar-refractivity contribution in [3.8, 4) is 0 Å². The molecule has 3 heteroatoms. The molecule has 80 valence electrons. The van der Waals surface area contributed by atoms with Gasteiger partial charge in [-0.2, -0.15) is 11.8 Å². The maximum Gasteiger partial charge on any atom is 0.148 e. The third kappa shape index (κ3) is 2.14. The van der Waals surface area contributed by atoms with E-state index in [2.05, 4.69) is 11.2 Å². The minimum absolute atomic E-state index is 0.430. The van der Waals surface area contributed by atoms with Gasteiger partial charge in [-0.1, -0.05) is 12.8 Å². The van der Waals surface area contributed by atoms with E-state index >= 15 is 0 Å². The van der Waals surface area contributed by atoms with Gasteiger partial charge in [0, 0.05) is 24.3 Å². The molecule has 14 heavy (non-hydrogen) atoms. The lowest BCUT2D eigenvalue weighted by atomic mass is 10.1. The van der Waals surface area contributed by atoms with Gasteiger partial charge in [0.2, 0.25) is 0 Å². The lowest BCUT2D eigenvalue weighted by Crippen LogP contribution is -2.37. The Kier molecular flexibility index (Phi) is 3.17. The van der Waals surface area contributed by atoms with Crippen LogP contribution in [0.15, 0.2) is 0 Å². The zero-order valence-electron chi connectivity index (χ0n) is 8.92. The molecular weight excluding hydrogens is 194 g/mol. The van der Waals surface area contributed by atoms with Crippen LogP contribution in [0.1, 0.15) is 32.1 Å². The molecule has 1 aliphatic heterocycles. The summed E-state index contributed by atoms with van der Waals surface area (Å²) in [5, 5.41) is 0. The Hall–Kier alpha value is -0.0200. The lowest BCUT2D eigenvalue weighted by Gasteiger charge is -2.31. The largest absolute Gasteiger partial charge is 0.298 e. The molecule has 0 aromatic rings. The van der Waals surface area contributed by atoms with Gasteiger partial charge in [-0.3, -0.25) is 9.69 Å². The van der Waals surface area contributed by atoms with E-state index in [-0.39, 0.29) is 0 Å². The second-order valence-electron chi connectivity index (χ2n) is 4.59. The molecule has 1 saturated heterocycles. The Morgan fingerprint density at radius 2 is 2.14 bits per heavy atom. The molecule has 0 aromatic carbocycles. The average Bonchev–Trinajstić information content (AvgIpc) is 2.77. The first kappa shape index (κ1) is 10.5. The van der Waals surface area contributed by atoms with E-state index in [0.717, 1.165) is 19.5 Å². The van der Waals surface area contributed by atoms with Crippen molar-refractivity contribution in [2.75, 3.05) is 25.9 Å². The van der Waals surface area contributed by atoms with Crippen LogP contribution < -0.4 is 0 Å². The van der Waals surface area contributed by atoms with E-state index in [1.54, 1.807) is 0 Å². The molecule has 0 unspecified atom stereocenters. The van der Waals surface area contributed by atoms with Crippen LogP contribution >= 0.6 is 11.8 Å². The van der Waals surface area contributed by atoms with E-state index in [4.69, 9.17) is 0 Å². The first-order chi connectivity index (χ1) is 6.74. The number of Topliss-reactive ketones (excluding diaryl/α,β-unsaturated/α-hetero) is 1. The molecule has 1 saturated carbocycles. The van der Waals surface area contributed by atoms with Gasteiger partial charge in [0.05, 0.1) is 6.54 Å². The highest BCUT2D eigenvalue weighted by molar-refractivity contribution is 8.00. The zero-order chi connectivity index (χ0) is 10.0. The van der Waals surface area contributed by atoms with Crippen molar-refractivity contribution in [2.45, 2.75) is 36.9 Å². The predicted molar refractivity (Wildman–Crippen MR) is 60.8 cm³/mol. The summed E-state index contributed by atoms with van der Waals surface area (Å²) < 4.78 is 0.477. The highest BCUT2D eigenvalue weighted by Crippen LogP contribution is 2.41. The van der Waals surface area contributed by atoms with Crippen molar-refractivity contribution >= 4 is 17.5 Å². The van der Waals surface area contributed by atoms with Crippen LogP contribution in [0.2, 0.25) is 0 Å². The van der Waals surface area contributed by atoms with Crippen LogP contribution in [0.3, 0.4) is 0 Å². The highest BCUT2D eigenvalue weighted by Gasteiger charge is 2.36. The van der Waals surface area contributed by atoms with Gasteiger partial charge in [-0.25, -0.2) is 0 Å². The number of thioether (sulfide) groups is 1. The molecule has 0 N–H and O–H groups in total. The Bertz CT molecular complexity index is 223. The molecule has 2 nitrogen and oxygen atoms in total. The van der Waals surface area contributed by atoms with Crippen molar-refractivity contribution in [1.29, 1.82) is 0 Å². The van der Waals surface area contributed by atoms with Crippen LogP contribution in [-0.4, -0.2) is 41.3 Å². The number of carbonyl (C=O) groups is 1. The Morgan fingerprint density at radius 1 is 1.43 bits per heavy atom. The molecule has 1 aliphatic carbocycles. The van der Waals surface area contributed by atoms with Crippen LogP contribution in [0.4, 0.5) is 0 Å². The van der Waals surface area contributed by atoms with Gasteiger partial charge in [-0.05, 0) is 19.1 Å². The van der Waals surface area contributed by atoms with Crippen molar-refractivity contribution < 1.29 is 4.79 Å². The minimum atomic E-state index is 0.430. The van der Waals surface area contributed by atoms with Gasteiger partial charge in [-0.15, -0.1) is 0 Å². The second kappa shape index (κ2) is 4.23. The standard InChI is InChI=1S/C11H19NOS/c1-14-11(5-2-3-6-11)9-12-7-4-10(13)8-12/h2-9H2,1H3. The summed E-state index contributed by atoms with van der Waals surface area (Å²) in [6.45, 7) is 2.85. The second-order valence-corrected chi connectivity index (χ2v) is 5.87. The highest BCUT2D eigenvalue weighted by atomic mass is 32.2. The molecule has 2 fully saturated rings. The van der Waals surface area contributed by atoms with Crippen LogP contribution in [0.25, 0.3) is 0 Å². The summed E-state index contributed by atoms with van der Waals surface area (Å²) in [6, 6.07) is 0. The Balaban J connectivity index is 1.91. The van der Waals surface area contributed by atoms with E-state index in [9.17, 15) is 4.79 Å². The fraction of sp³-hybridized carbons (Fsp3) is 0.909. The molecule has 2 rings (SSSR count). The van der Waals surface area contributed by atoms with E-state index < -0.39 is 0 Å². The summed E-state index contributed by atoms with van der Waals surface area (Å²) >= 11 is 2.01. The number of nitrogens with zero attached hydrogens (tertiary/aromatic N) is 1. The minimum Gasteiger partial charge on any atom is -0.298 e. The molecule has 0 bridgehead atoms. The van der Waals surface area contributed by atoms with Crippen molar-refractivity contribution in [3.63, 3.8) is 0 Å². The van der Waals surface area contributed by atoms with E-state index in [0.29, 0.717) is 17.1 Å². The SMILES string of the molecule is CSC1(CN2CCC(=O)C2)CCCC1. The first-order valence-electron chi connectivity index (χ1n) is 5.53. The maximum absolute atomic E-state index is 11.2. The molecule has 2 aliphatic rings. The summed E-state index contributed by atoms with van der Waals surface area (Å²) in [5.41, 5.74) is 0.